The fourth-order valence-corrected chi connectivity index (χ4v) is 3.07. The van der Waals surface area contributed by atoms with Gasteiger partial charge in [0.15, 0.2) is 0 Å². The van der Waals surface area contributed by atoms with E-state index in [2.05, 4.69) is 49.5 Å². The van der Waals surface area contributed by atoms with Crippen molar-refractivity contribution in [3.63, 3.8) is 0 Å². The van der Waals surface area contributed by atoms with Gasteiger partial charge in [-0.05, 0) is 29.8 Å². The lowest BCUT2D eigenvalue weighted by molar-refractivity contribution is 0.768. The number of hydrogen-bond acceptors (Lipinski definition) is 3. The van der Waals surface area contributed by atoms with Crippen LogP contribution in [0.5, 0.6) is 0 Å². The largest absolute Gasteiger partial charge is 0.352 e. The minimum absolute atomic E-state index is 0.909. The maximum atomic E-state index is 4.50. The van der Waals surface area contributed by atoms with Gasteiger partial charge in [0, 0.05) is 35.8 Å². The Morgan fingerprint density at radius 3 is 2.79 bits per heavy atom. The molecule has 5 aromatic rings. The maximum Gasteiger partial charge on any atom is 0.116 e. The number of H-pyrrole nitrogens is 2. The molecule has 0 aliphatic rings. The van der Waals surface area contributed by atoms with Gasteiger partial charge in [0.25, 0.3) is 0 Å². The number of hydrogen-bond donors (Lipinski definition) is 2. The lowest BCUT2D eigenvalue weighted by Crippen LogP contribution is -1.84. The van der Waals surface area contributed by atoms with Crippen molar-refractivity contribution < 1.29 is 0 Å². The molecule has 4 heterocycles. The average molecular weight is 314 g/mol. The molecule has 0 spiro atoms. The van der Waals surface area contributed by atoms with Crippen molar-refractivity contribution in [3.05, 3.63) is 55.1 Å². The van der Waals surface area contributed by atoms with Crippen LogP contribution in [0.25, 0.3) is 44.3 Å². The van der Waals surface area contributed by atoms with Crippen LogP contribution in [0.2, 0.25) is 0 Å². The molecular weight excluding hydrogens is 300 g/mol. The molecule has 0 saturated carbocycles. The third-order valence-corrected chi connectivity index (χ3v) is 4.28. The second-order valence-corrected chi connectivity index (χ2v) is 5.88. The molecule has 116 valence electrons. The van der Waals surface area contributed by atoms with Crippen molar-refractivity contribution in [2.75, 3.05) is 0 Å². The molecule has 1 aromatic carbocycles. The van der Waals surface area contributed by atoms with E-state index < -0.39 is 0 Å². The lowest BCUT2D eigenvalue weighted by atomic mass is 10.1. The molecule has 0 aliphatic carbocycles. The Kier molecular flexibility index (Phi) is 2.61. The highest BCUT2D eigenvalue weighted by molar-refractivity contribution is 5.97. The Morgan fingerprint density at radius 1 is 1.00 bits per heavy atom. The lowest BCUT2D eigenvalue weighted by Gasteiger charge is -1.99. The molecule has 0 aliphatic heterocycles. The van der Waals surface area contributed by atoms with Crippen molar-refractivity contribution in [3.8, 4) is 22.5 Å². The van der Waals surface area contributed by atoms with Crippen molar-refractivity contribution in [1.82, 2.24) is 29.9 Å². The SMILES string of the molecule is Cn1cc(-c2ccc3[nH]nc(-c4cc5ccncc5[nH]4)c3c2)cn1. The zero-order chi connectivity index (χ0) is 16.1. The highest BCUT2D eigenvalue weighted by atomic mass is 15.2. The number of aromatic amines is 2. The molecule has 0 bridgehead atoms. The smallest absolute Gasteiger partial charge is 0.116 e. The van der Waals surface area contributed by atoms with Gasteiger partial charge in [-0.1, -0.05) is 6.07 Å². The van der Waals surface area contributed by atoms with E-state index in [0.717, 1.165) is 44.3 Å². The maximum absolute atomic E-state index is 4.50. The molecule has 24 heavy (non-hydrogen) atoms. The fraction of sp³-hybridized carbons (Fsp3) is 0.0556. The van der Waals surface area contributed by atoms with E-state index in [1.54, 1.807) is 10.9 Å². The Balaban J connectivity index is 1.70. The van der Waals surface area contributed by atoms with Crippen LogP contribution in [0.4, 0.5) is 0 Å². The summed E-state index contributed by atoms with van der Waals surface area (Å²) in [6.07, 6.45) is 7.50. The Hall–Kier alpha value is -3.41. The predicted molar refractivity (Wildman–Crippen MR) is 93.4 cm³/mol. The van der Waals surface area contributed by atoms with Crippen LogP contribution in [0, 0.1) is 0 Å². The van der Waals surface area contributed by atoms with Gasteiger partial charge in [0.05, 0.1) is 29.1 Å². The second kappa shape index (κ2) is 4.79. The number of aromatic nitrogens is 6. The van der Waals surface area contributed by atoms with Crippen molar-refractivity contribution >= 4 is 21.8 Å². The highest BCUT2D eigenvalue weighted by Crippen LogP contribution is 2.31. The first-order valence-corrected chi connectivity index (χ1v) is 7.68. The topological polar surface area (TPSA) is 75.2 Å². The minimum Gasteiger partial charge on any atom is -0.352 e. The first-order chi connectivity index (χ1) is 11.8. The number of rotatable bonds is 2. The van der Waals surface area contributed by atoms with E-state index in [9.17, 15) is 0 Å². The second-order valence-electron chi connectivity index (χ2n) is 5.88. The van der Waals surface area contributed by atoms with E-state index in [1.165, 1.54) is 0 Å². The van der Waals surface area contributed by atoms with Crippen LogP contribution >= 0.6 is 0 Å². The Bertz CT molecular complexity index is 1140. The minimum atomic E-state index is 0.909. The zero-order valence-electron chi connectivity index (χ0n) is 13.0. The van der Waals surface area contributed by atoms with Crippen LogP contribution in [0.15, 0.2) is 55.1 Å². The summed E-state index contributed by atoms with van der Waals surface area (Å²) < 4.78 is 1.81. The molecule has 6 nitrogen and oxygen atoms in total. The quantitative estimate of drug-likeness (QED) is 0.523. The number of nitrogens with one attached hydrogen (secondary N) is 2. The average Bonchev–Trinajstić information content (AvgIpc) is 3.30. The summed E-state index contributed by atoms with van der Waals surface area (Å²) in [6.45, 7) is 0. The summed E-state index contributed by atoms with van der Waals surface area (Å²) in [5, 5.41) is 14.1. The summed E-state index contributed by atoms with van der Waals surface area (Å²) in [6, 6.07) is 10.4. The van der Waals surface area contributed by atoms with Gasteiger partial charge in [-0.15, -0.1) is 0 Å². The number of nitrogens with zero attached hydrogens (tertiary/aromatic N) is 4. The predicted octanol–water partition coefficient (Wildman–Crippen LogP) is 3.51. The van der Waals surface area contributed by atoms with E-state index >= 15 is 0 Å². The Morgan fingerprint density at radius 2 is 1.96 bits per heavy atom. The van der Waals surface area contributed by atoms with Gasteiger partial charge in [-0.2, -0.15) is 10.2 Å². The molecule has 0 unspecified atom stereocenters. The van der Waals surface area contributed by atoms with Crippen molar-refractivity contribution in [1.29, 1.82) is 0 Å². The first-order valence-electron chi connectivity index (χ1n) is 7.68. The molecule has 4 aromatic heterocycles. The van der Waals surface area contributed by atoms with Gasteiger partial charge in [0.1, 0.15) is 5.69 Å². The van der Waals surface area contributed by atoms with Gasteiger partial charge < -0.3 is 4.98 Å². The third kappa shape index (κ3) is 1.93. The Labute approximate surface area is 137 Å². The van der Waals surface area contributed by atoms with Crippen molar-refractivity contribution in [2.45, 2.75) is 0 Å². The summed E-state index contributed by atoms with van der Waals surface area (Å²) in [5.74, 6) is 0. The zero-order valence-corrected chi connectivity index (χ0v) is 13.0. The standard InChI is InChI=1S/C18H14N6/c1-24-10-13(8-20-24)11-2-3-15-14(6-11)18(23-22-15)16-7-12-4-5-19-9-17(12)21-16/h2-10,21H,1H3,(H,22,23). The highest BCUT2D eigenvalue weighted by Gasteiger charge is 2.12. The molecule has 0 atom stereocenters. The fourth-order valence-electron chi connectivity index (χ4n) is 3.07. The molecule has 2 N–H and O–H groups in total. The first kappa shape index (κ1) is 13.1. The van der Waals surface area contributed by atoms with Crippen LogP contribution in [-0.2, 0) is 7.05 Å². The van der Waals surface area contributed by atoms with E-state index in [0.29, 0.717) is 0 Å². The van der Waals surface area contributed by atoms with Gasteiger partial charge in [0.2, 0.25) is 0 Å². The summed E-state index contributed by atoms with van der Waals surface area (Å²) >= 11 is 0. The number of aryl methyl sites for hydroxylation is 1. The number of fused-ring (bicyclic) bond motifs is 2. The summed E-state index contributed by atoms with van der Waals surface area (Å²) in [5.41, 5.74) is 6.12. The van der Waals surface area contributed by atoms with E-state index in [4.69, 9.17) is 0 Å². The third-order valence-electron chi connectivity index (χ3n) is 4.28. The van der Waals surface area contributed by atoms with E-state index in [-0.39, 0.29) is 0 Å². The van der Waals surface area contributed by atoms with Gasteiger partial charge in [-0.25, -0.2) is 0 Å². The normalized spacial score (nSPS) is 11.5. The van der Waals surface area contributed by atoms with E-state index in [1.807, 2.05) is 31.7 Å². The molecule has 0 radical (unpaired) electrons. The molecule has 0 amide bonds. The summed E-state index contributed by atoms with van der Waals surface area (Å²) in [4.78, 5) is 7.55. The van der Waals surface area contributed by atoms with Gasteiger partial charge >= 0.3 is 0 Å². The van der Waals surface area contributed by atoms with Crippen molar-refractivity contribution in [2.24, 2.45) is 7.05 Å². The molecule has 5 rings (SSSR count). The summed E-state index contributed by atoms with van der Waals surface area (Å²) in [7, 11) is 1.92. The number of pyridine rings is 1. The van der Waals surface area contributed by atoms with Crippen LogP contribution in [-0.4, -0.2) is 29.9 Å². The number of benzene rings is 1. The molecule has 0 fully saturated rings. The molecular formula is C18H14N6. The van der Waals surface area contributed by atoms with Crippen LogP contribution in [0.1, 0.15) is 0 Å². The van der Waals surface area contributed by atoms with Crippen LogP contribution < -0.4 is 0 Å². The van der Waals surface area contributed by atoms with Gasteiger partial charge in [-0.3, -0.25) is 14.8 Å². The molecule has 6 heteroatoms. The monoisotopic (exact) mass is 314 g/mol. The molecule has 0 saturated heterocycles. The van der Waals surface area contributed by atoms with Crippen LogP contribution in [0.3, 0.4) is 0 Å².